The Kier molecular flexibility index (Phi) is 5.41. The fraction of sp³-hybridized carbons (Fsp3) is 0.0500. The number of aromatic hydroxyl groups is 1. The Balaban J connectivity index is 1.58. The van der Waals surface area contributed by atoms with E-state index in [1.165, 1.54) is 6.07 Å². The van der Waals surface area contributed by atoms with Crippen molar-refractivity contribution in [1.29, 1.82) is 0 Å². The molecule has 136 valence electrons. The minimum atomic E-state index is -0.560. The minimum Gasteiger partial charge on any atom is -0.507 e. The number of halogens is 1. The second-order valence-corrected chi connectivity index (χ2v) is 5.71. The van der Waals surface area contributed by atoms with Crippen LogP contribution in [0.15, 0.2) is 65.8 Å². The lowest BCUT2D eigenvalue weighted by Crippen LogP contribution is -2.35. The molecule has 27 heavy (non-hydrogen) atoms. The summed E-state index contributed by atoms with van der Waals surface area (Å²) in [5.74, 6) is -1.65. The van der Waals surface area contributed by atoms with E-state index in [1.807, 2.05) is 30.3 Å². The molecule has 0 saturated carbocycles. The number of carbonyl (C=O) groups excluding carboxylic acids is 2. The zero-order chi connectivity index (χ0) is 19.2. The first kappa shape index (κ1) is 18.1. The van der Waals surface area contributed by atoms with Gasteiger partial charge in [-0.15, -0.1) is 0 Å². The van der Waals surface area contributed by atoms with Crippen LogP contribution in [0, 0.1) is 5.82 Å². The van der Waals surface area contributed by atoms with Gasteiger partial charge < -0.3 is 10.4 Å². The van der Waals surface area contributed by atoms with Gasteiger partial charge in [-0.2, -0.15) is 5.10 Å². The second kappa shape index (κ2) is 8.09. The summed E-state index contributed by atoms with van der Waals surface area (Å²) >= 11 is 0. The van der Waals surface area contributed by atoms with Gasteiger partial charge in [0.1, 0.15) is 11.6 Å². The molecule has 6 nitrogen and oxygen atoms in total. The summed E-state index contributed by atoms with van der Waals surface area (Å²) in [6.07, 6.45) is 1.11. The summed E-state index contributed by atoms with van der Waals surface area (Å²) in [5, 5.41) is 17.4. The summed E-state index contributed by atoms with van der Waals surface area (Å²) in [7, 11) is 0. The molecule has 0 radical (unpaired) electrons. The fourth-order valence-corrected chi connectivity index (χ4v) is 2.52. The highest BCUT2D eigenvalue weighted by Gasteiger charge is 2.10. The standard InChI is InChI=1S/C20H16FN3O3/c21-15-8-9-18(25)14(10-15)11-23-24-19(26)12-22-20(27)17-7-3-5-13-4-1-2-6-16(13)17/h1-11,25H,12H2,(H,22,27)(H,24,26)/b23-11+. The molecule has 0 heterocycles. The molecule has 7 heteroatoms. The lowest BCUT2D eigenvalue weighted by Gasteiger charge is -2.07. The Bertz CT molecular complexity index is 1030. The summed E-state index contributed by atoms with van der Waals surface area (Å²) in [4.78, 5) is 24.1. The van der Waals surface area contributed by atoms with Gasteiger partial charge in [0.25, 0.3) is 11.8 Å². The molecule has 0 saturated heterocycles. The maximum Gasteiger partial charge on any atom is 0.259 e. The van der Waals surface area contributed by atoms with E-state index < -0.39 is 11.7 Å². The number of carbonyl (C=O) groups is 2. The van der Waals surface area contributed by atoms with Gasteiger partial charge in [-0.1, -0.05) is 36.4 Å². The zero-order valence-corrected chi connectivity index (χ0v) is 14.1. The Hall–Kier alpha value is -3.74. The first-order valence-electron chi connectivity index (χ1n) is 8.11. The molecular formula is C20H16FN3O3. The summed E-state index contributed by atoms with van der Waals surface area (Å²) in [6, 6.07) is 16.2. The zero-order valence-electron chi connectivity index (χ0n) is 14.1. The monoisotopic (exact) mass is 365 g/mol. The molecule has 3 rings (SSSR count). The third-order valence-corrected chi connectivity index (χ3v) is 3.83. The number of phenols is 1. The van der Waals surface area contributed by atoms with Crippen molar-refractivity contribution >= 4 is 28.8 Å². The molecule has 0 spiro atoms. The van der Waals surface area contributed by atoms with Crippen LogP contribution in [0.25, 0.3) is 10.8 Å². The number of nitrogens with zero attached hydrogens (tertiary/aromatic N) is 1. The smallest absolute Gasteiger partial charge is 0.259 e. The van der Waals surface area contributed by atoms with Gasteiger partial charge in [0.15, 0.2) is 0 Å². The number of amides is 2. The van der Waals surface area contributed by atoms with E-state index in [1.54, 1.807) is 12.1 Å². The van der Waals surface area contributed by atoms with Crippen LogP contribution in [0.5, 0.6) is 5.75 Å². The van der Waals surface area contributed by atoms with E-state index in [4.69, 9.17) is 0 Å². The Morgan fingerprint density at radius 1 is 1.07 bits per heavy atom. The summed E-state index contributed by atoms with van der Waals surface area (Å²) in [5.41, 5.74) is 2.79. The SMILES string of the molecule is O=C(CNC(=O)c1cccc2ccccc12)N/N=C/c1cc(F)ccc1O. The van der Waals surface area contributed by atoms with Crippen LogP contribution in [0.2, 0.25) is 0 Å². The van der Waals surface area contributed by atoms with Crippen LogP contribution in [-0.4, -0.2) is 29.7 Å². The summed E-state index contributed by atoms with van der Waals surface area (Å²) < 4.78 is 13.1. The van der Waals surface area contributed by atoms with E-state index in [0.717, 1.165) is 29.1 Å². The number of rotatable bonds is 5. The van der Waals surface area contributed by atoms with Gasteiger partial charge in [0.2, 0.25) is 0 Å². The van der Waals surface area contributed by atoms with Crippen LogP contribution in [0.1, 0.15) is 15.9 Å². The molecule has 0 atom stereocenters. The molecular weight excluding hydrogens is 349 g/mol. The van der Waals surface area contributed by atoms with Gasteiger partial charge in [0, 0.05) is 11.1 Å². The number of hydrazone groups is 1. The van der Waals surface area contributed by atoms with Crippen LogP contribution >= 0.6 is 0 Å². The highest BCUT2D eigenvalue weighted by molar-refractivity contribution is 6.07. The lowest BCUT2D eigenvalue weighted by atomic mass is 10.0. The number of hydrogen-bond acceptors (Lipinski definition) is 4. The first-order chi connectivity index (χ1) is 13.0. The molecule has 3 aromatic carbocycles. The molecule has 0 aromatic heterocycles. The van der Waals surface area contributed by atoms with E-state index in [9.17, 15) is 19.1 Å². The van der Waals surface area contributed by atoms with E-state index >= 15 is 0 Å². The molecule has 0 unspecified atom stereocenters. The fourth-order valence-electron chi connectivity index (χ4n) is 2.52. The number of benzene rings is 3. The molecule has 0 aliphatic carbocycles. The highest BCUT2D eigenvalue weighted by atomic mass is 19.1. The molecule has 3 N–H and O–H groups in total. The van der Waals surface area contributed by atoms with Crippen molar-refractivity contribution in [3.8, 4) is 5.75 Å². The predicted octanol–water partition coefficient (Wildman–Crippen LogP) is 2.56. The largest absolute Gasteiger partial charge is 0.507 e. The maximum atomic E-state index is 13.1. The number of nitrogens with one attached hydrogen (secondary N) is 2. The maximum absolute atomic E-state index is 13.1. The van der Waals surface area contributed by atoms with Gasteiger partial charge in [-0.3, -0.25) is 9.59 Å². The molecule has 2 amide bonds. The number of phenolic OH excluding ortho intramolecular Hbond substituents is 1. The van der Waals surface area contributed by atoms with Crippen LogP contribution in [0.3, 0.4) is 0 Å². The van der Waals surface area contributed by atoms with Crippen molar-refractivity contribution in [2.75, 3.05) is 6.54 Å². The Morgan fingerprint density at radius 3 is 2.70 bits per heavy atom. The van der Waals surface area contributed by atoms with Crippen molar-refractivity contribution in [2.24, 2.45) is 5.10 Å². The molecule has 3 aromatic rings. The average Bonchev–Trinajstić information content (AvgIpc) is 2.68. The average molecular weight is 365 g/mol. The quantitative estimate of drug-likeness (QED) is 0.479. The van der Waals surface area contributed by atoms with Crippen molar-refractivity contribution in [3.05, 3.63) is 77.6 Å². The van der Waals surface area contributed by atoms with Crippen LogP contribution < -0.4 is 10.7 Å². The predicted molar refractivity (Wildman–Crippen MR) is 100 cm³/mol. The van der Waals surface area contributed by atoms with Crippen molar-refractivity contribution in [3.63, 3.8) is 0 Å². The van der Waals surface area contributed by atoms with E-state index in [0.29, 0.717) is 5.56 Å². The van der Waals surface area contributed by atoms with E-state index in [-0.39, 0.29) is 23.8 Å². The number of hydrogen-bond donors (Lipinski definition) is 3. The highest BCUT2D eigenvalue weighted by Crippen LogP contribution is 2.18. The number of fused-ring (bicyclic) bond motifs is 1. The van der Waals surface area contributed by atoms with Crippen LogP contribution in [-0.2, 0) is 4.79 Å². The minimum absolute atomic E-state index is 0.120. The van der Waals surface area contributed by atoms with Crippen LogP contribution in [0.4, 0.5) is 4.39 Å². The summed E-state index contributed by atoms with van der Waals surface area (Å²) in [6.45, 7) is -0.283. The van der Waals surface area contributed by atoms with Crippen molar-refractivity contribution in [2.45, 2.75) is 0 Å². The van der Waals surface area contributed by atoms with Gasteiger partial charge >= 0.3 is 0 Å². The second-order valence-electron chi connectivity index (χ2n) is 5.71. The van der Waals surface area contributed by atoms with Crippen molar-refractivity contribution < 1.29 is 19.1 Å². The molecule has 0 fully saturated rings. The molecule has 0 aliphatic heterocycles. The van der Waals surface area contributed by atoms with Gasteiger partial charge in [0.05, 0.1) is 12.8 Å². The molecule has 0 aliphatic rings. The van der Waals surface area contributed by atoms with Crippen molar-refractivity contribution in [1.82, 2.24) is 10.7 Å². The Morgan fingerprint density at radius 2 is 1.85 bits per heavy atom. The first-order valence-corrected chi connectivity index (χ1v) is 8.11. The normalized spacial score (nSPS) is 10.9. The molecule has 0 bridgehead atoms. The Labute approximate surface area is 154 Å². The third-order valence-electron chi connectivity index (χ3n) is 3.83. The van der Waals surface area contributed by atoms with Gasteiger partial charge in [-0.05, 0) is 35.0 Å². The third kappa shape index (κ3) is 4.46. The van der Waals surface area contributed by atoms with E-state index in [2.05, 4.69) is 15.8 Å². The van der Waals surface area contributed by atoms with Gasteiger partial charge in [-0.25, -0.2) is 9.82 Å². The lowest BCUT2D eigenvalue weighted by molar-refractivity contribution is -0.120. The topological polar surface area (TPSA) is 90.8 Å².